The van der Waals surface area contributed by atoms with E-state index in [0.717, 1.165) is 11.1 Å². The minimum atomic E-state index is -4.22. The monoisotopic (exact) mass is 307 g/mol. The second-order valence-corrected chi connectivity index (χ2v) is 5.24. The Bertz CT molecular complexity index is 676. The molecule has 0 aliphatic rings. The molecule has 0 aliphatic carbocycles. The zero-order chi connectivity index (χ0) is 13.2. The van der Waals surface area contributed by atoms with E-state index in [9.17, 15) is 13.0 Å². The van der Waals surface area contributed by atoms with E-state index < -0.39 is 10.1 Å². The van der Waals surface area contributed by atoms with Gasteiger partial charge in [0.25, 0.3) is 10.1 Å². The van der Waals surface area contributed by atoms with Crippen molar-refractivity contribution in [2.24, 2.45) is 5.73 Å². The molecule has 0 aliphatic heterocycles. The van der Waals surface area contributed by atoms with Crippen molar-refractivity contribution >= 4 is 56.1 Å². The molecule has 0 spiro atoms. The van der Waals surface area contributed by atoms with E-state index in [2.05, 4.69) is 5.32 Å². The molecule has 0 saturated carbocycles. The summed E-state index contributed by atoms with van der Waals surface area (Å²) >= 11 is 0. The van der Waals surface area contributed by atoms with Gasteiger partial charge in [-0.05, 0) is 12.1 Å². The average Bonchev–Trinajstić information content (AvgIpc) is 2.34. The largest absolute Gasteiger partial charge is 0.412 e. The number of rotatable bonds is 4. The summed E-state index contributed by atoms with van der Waals surface area (Å²) < 4.78 is 31.8. The molecule has 2 aromatic rings. The maximum Gasteiger partial charge on any atom is 0.295 e. The van der Waals surface area contributed by atoms with Crippen molar-refractivity contribution in [3.05, 3.63) is 36.4 Å². The Labute approximate surface area is 139 Å². The van der Waals surface area contributed by atoms with Crippen LogP contribution in [0.3, 0.4) is 0 Å². The molecule has 0 saturated heterocycles. The number of hydrogen-bond donors (Lipinski definition) is 3. The van der Waals surface area contributed by atoms with Crippen LogP contribution in [0.25, 0.3) is 10.8 Å². The molecule has 0 atom stereocenters. The van der Waals surface area contributed by atoms with E-state index in [1.54, 1.807) is 24.3 Å². The molecule has 0 aromatic heterocycles. The number of benzene rings is 2. The molecule has 0 bridgehead atoms. The van der Waals surface area contributed by atoms with Crippen LogP contribution in [0.15, 0.2) is 41.3 Å². The first-order chi connectivity index (χ1) is 8.54. The van der Waals surface area contributed by atoms with Gasteiger partial charge in [-0.25, -0.2) is 0 Å². The topological polar surface area (TPSA) is 124 Å². The van der Waals surface area contributed by atoms with E-state index >= 15 is 0 Å². The molecule has 6 N–H and O–H groups in total. The number of nitrogens with two attached hydrogens (primary N) is 1. The minimum Gasteiger partial charge on any atom is -0.412 e. The quantitative estimate of drug-likeness (QED) is 0.552. The van der Waals surface area contributed by atoms with Gasteiger partial charge in [-0.1, -0.05) is 24.3 Å². The Morgan fingerprint density at radius 2 is 1.70 bits per heavy atom. The van der Waals surface area contributed by atoms with Gasteiger partial charge < -0.3 is 16.5 Å². The molecule has 0 unspecified atom stereocenters. The fourth-order valence-electron chi connectivity index (χ4n) is 1.87. The number of nitrogens with one attached hydrogen (secondary N) is 1. The van der Waals surface area contributed by atoms with Gasteiger partial charge in [-0.15, -0.1) is 0 Å². The Morgan fingerprint density at radius 1 is 1.10 bits per heavy atom. The van der Waals surface area contributed by atoms with Crippen LogP contribution < -0.4 is 11.1 Å². The normalized spacial score (nSPS) is 10.5. The summed E-state index contributed by atoms with van der Waals surface area (Å²) in [5, 5.41) is 4.34. The molecular weight excluding hydrogens is 291 g/mol. The first-order valence-electron chi connectivity index (χ1n) is 5.47. The first-order valence-corrected chi connectivity index (χ1v) is 6.91. The molecule has 6 nitrogen and oxygen atoms in total. The van der Waals surface area contributed by atoms with E-state index in [1.807, 2.05) is 6.07 Å². The summed E-state index contributed by atoms with van der Waals surface area (Å²) in [7, 11) is -4.22. The molecule has 20 heavy (non-hydrogen) atoms. The SMILES string of the molecule is NCCNc1cccc2c(S(=O)(=O)O)cccc12.O.[Na]. The summed E-state index contributed by atoms with van der Waals surface area (Å²) in [5.74, 6) is 0. The van der Waals surface area contributed by atoms with Gasteiger partial charge in [0.15, 0.2) is 0 Å². The molecule has 8 heteroatoms. The van der Waals surface area contributed by atoms with E-state index in [0.29, 0.717) is 18.5 Å². The first kappa shape index (κ1) is 19.3. The maximum absolute atomic E-state index is 11.3. The third kappa shape index (κ3) is 4.16. The molecule has 2 aromatic carbocycles. The van der Waals surface area contributed by atoms with Gasteiger partial charge in [-0.2, -0.15) is 8.42 Å². The summed E-state index contributed by atoms with van der Waals surface area (Å²) in [6.45, 7) is 1.07. The standard InChI is InChI=1S/C12H14N2O3S.Na.H2O/c13-7-8-14-11-5-1-4-10-9(11)3-2-6-12(10)18(15,16)17;;/h1-6,14H,7-8,13H2,(H,15,16,17);;1H2. The maximum atomic E-state index is 11.3. The van der Waals surface area contributed by atoms with Gasteiger partial charge in [0.1, 0.15) is 4.90 Å². The molecular formula is C12H16N2NaO4S. The minimum absolute atomic E-state index is 0. The zero-order valence-electron chi connectivity index (χ0n) is 11.1. The van der Waals surface area contributed by atoms with Crippen LogP contribution in [-0.2, 0) is 10.1 Å². The van der Waals surface area contributed by atoms with Gasteiger partial charge in [0, 0.05) is 59.1 Å². The Hall–Kier alpha value is -0.670. The van der Waals surface area contributed by atoms with E-state index in [4.69, 9.17) is 5.73 Å². The van der Waals surface area contributed by atoms with E-state index in [1.165, 1.54) is 6.07 Å². The summed E-state index contributed by atoms with van der Waals surface area (Å²) in [6.07, 6.45) is 0. The Kier molecular flexibility index (Phi) is 7.67. The van der Waals surface area contributed by atoms with Crippen molar-refractivity contribution < 1.29 is 18.4 Å². The van der Waals surface area contributed by atoms with Gasteiger partial charge >= 0.3 is 0 Å². The number of fused-ring (bicyclic) bond motifs is 1. The van der Waals surface area contributed by atoms with E-state index in [-0.39, 0.29) is 39.9 Å². The molecule has 2 rings (SSSR count). The second-order valence-electron chi connectivity index (χ2n) is 3.85. The smallest absolute Gasteiger partial charge is 0.295 e. The van der Waals surface area contributed by atoms with Crippen molar-refractivity contribution in [3.8, 4) is 0 Å². The fraction of sp³-hybridized carbons (Fsp3) is 0.167. The second kappa shape index (κ2) is 7.94. The third-order valence-corrected chi connectivity index (χ3v) is 3.53. The van der Waals surface area contributed by atoms with Gasteiger partial charge in [-0.3, -0.25) is 4.55 Å². The van der Waals surface area contributed by atoms with Crippen molar-refractivity contribution in [2.75, 3.05) is 18.4 Å². The Balaban J connectivity index is 0.00000180. The van der Waals surface area contributed by atoms with Crippen molar-refractivity contribution in [2.45, 2.75) is 4.90 Å². The van der Waals surface area contributed by atoms with Crippen LogP contribution >= 0.6 is 0 Å². The number of hydrogen-bond acceptors (Lipinski definition) is 4. The van der Waals surface area contributed by atoms with Crippen LogP contribution in [0.5, 0.6) is 0 Å². The number of anilines is 1. The molecule has 105 valence electrons. The fourth-order valence-corrected chi connectivity index (χ4v) is 2.57. The Morgan fingerprint density at radius 3 is 2.30 bits per heavy atom. The van der Waals surface area contributed by atoms with Crippen molar-refractivity contribution in [1.29, 1.82) is 0 Å². The summed E-state index contributed by atoms with van der Waals surface area (Å²) in [6, 6.07) is 10.00. The third-order valence-electron chi connectivity index (χ3n) is 2.62. The van der Waals surface area contributed by atoms with Gasteiger partial charge in [0.2, 0.25) is 0 Å². The van der Waals surface area contributed by atoms with Crippen LogP contribution in [0, 0.1) is 0 Å². The van der Waals surface area contributed by atoms with Gasteiger partial charge in [0.05, 0.1) is 0 Å². The summed E-state index contributed by atoms with van der Waals surface area (Å²) in [5.41, 5.74) is 6.22. The van der Waals surface area contributed by atoms with Crippen LogP contribution in [0.1, 0.15) is 0 Å². The van der Waals surface area contributed by atoms with Crippen LogP contribution in [0.2, 0.25) is 0 Å². The molecule has 1 radical (unpaired) electrons. The molecule has 0 fully saturated rings. The van der Waals surface area contributed by atoms with Crippen LogP contribution in [-0.4, -0.2) is 61.1 Å². The van der Waals surface area contributed by atoms with Crippen molar-refractivity contribution in [3.63, 3.8) is 0 Å². The van der Waals surface area contributed by atoms with Crippen molar-refractivity contribution in [1.82, 2.24) is 0 Å². The zero-order valence-corrected chi connectivity index (χ0v) is 13.9. The van der Waals surface area contributed by atoms with Crippen LogP contribution in [0.4, 0.5) is 5.69 Å². The average molecular weight is 307 g/mol. The molecule has 0 amide bonds. The predicted molar refractivity (Wildman–Crippen MR) is 80.7 cm³/mol. The molecule has 0 heterocycles. The summed E-state index contributed by atoms with van der Waals surface area (Å²) in [4.78, 5) is -0.0867. The predicted octanol–water partition coefficient (Wildman–Crippen LogP) is 0.252.